The molecule has 0 bridgehead atoms. The monoisotopic (exact) mass is 285 g/mol. The molecule has 0 spiro atoms. The van der Waals surface area contributed by atoms with Gasteiger partial charge >= 0.3 is 6.09 Å². The Balaban J connectivity index is 2.07. The smallest absolute Gasteiger partial charge is 0.407 e. The third-order valence-corrected chi connectivity index (χ3v) is 3.64. The molecule has 0 aliphatic heterocycles. The summed E-state index contributed by atoms with van der Waals surface area (Å²) in [5.41, 5.74) is -0.424. The van der Waals surface area contributed by atoms with Crippen molar-refractivity contribution in [3.05, 3.63) is 0 Å². The Bertz CT molecular complexity index is 307. The Kier molecular flexibility index (Phi) is 6.27. The van der Waals surface area contributed by atoms with Crippen LogP contribution in [0, 0.1) is 0 Å². The van der Waals surface area contributed by atoms with Crippen LogP contribution in [-0.2, 0) is 4.74 Å². The van der Waals surface area contributed by atoms with E-state index < -0.39 is 5.60 Å². The molecule has 1 aliphatic rings. The van der Waals surface area contributed by atoms with Gasteiger partial charge in [0.25, 0.3) is 0 Å². The summed E-state index contributed by atoms with van der Waals surface area (Å²) in [4.78, 5) is 13.9. The molecular weight excluding hydrogens is 254 g/mol. The molecule has 0 atom stereocenters. The first kappa shape index (κ1) is 17.2. The van der Waals surface area contributed by atoms with Crippen LogP contribution < -0.4 is 10.6 Å². The van der Waals surface area contributed by atoms with Crippen molar-refractivity contribution in [1.82, 2.24) is 15.5 Å². The minimum Gasteiger partial charge on any atom is -0.444 e. The normalized spacial score (nSPS) is 22.8. The highest BCUT2D eigenvalue weighted by Crippen LogP contribution is 2.20. The third-order valence-electron chi connectivity index (χ3n) is 3.64. The lowest BCUT2D eigenvalue weighted by Gasteiger charge is -2.37. The maximum Gasteiger partial charge on any atom is 0.407 e. The molecule has 0 radical (unpaired) electrons. The number of nitrogens with one attached hydrogen (secondary N) is 2. The summed E-state index contributed by atoms with van der Waals surface area (Å²) in [6, 6.07) is 1.36. The lowest BCUT2D eigenvalue weighted by atomic mass is 9.87. The Morgan fingerprint density at radius 3 is 2.40 bits per heavy atom. The lowest BCUT2D eigenvalue weighted by Crippen LogP contribution is -2.54. The minimum atomic E-state index is -0.424. The molecule has 0 aromatic rings. The number of likely N-dealkylation sites (N-methyl/N-ethyl adjacent to an activating group) is 1. The maximum atomic E-state index is 11.6. The molecule has 0 saturated heterocycles. The van der Waals surface area contributed by atoms with Gasteiger partial charge in [-0.25, -0.2) is 4.79 Å². The molecule has 5 heteroatoms. The van der Waals surface area contributed by atoms with Crippen molar-refractivity contribution in [1.29, 1.82) is 0 Å². The summed E-state index contributed by atoms with van der Waals surface area (Å²) in [6.45, 7) is 12.1. The number of hydrogen-bond acceptors (Lipinski definition) is 4. The van der Waals surface area contributed by atoms with E-state index >= 15 is 0 Å². The molecule has 0 aromatic heterocycles. The van der Waals surface area contributed by atoms with E-state index in [2.05, 4.69) is 36.4 Å². The number of alkyl carbamates (subject to hydrolysis) is 1. The van der Waals surface area contributed by atoms with Gasteiger partial charge in [0.2, 0.25) is 0 Å². The quantitative estimate of drug-likeness (QED) is 0.783. The van der Waals surface area contributed by atoms with Crippen molar-refractivity contribution in [2.24, 2.45) is 0 Å². The summed E-state index contributed by atoms with van der Waals surface area (Å²) in [5.74, 6) is 0. The molecule has 0 heterocycles. The number of amides is 1. The van der Waals surface area contributed by atoms with Gasteiger partial charge in [-0.1, -0.05) is 0 Å². The first-order valence-corrected chi connectivity index (χ1v) is 7.60. The molecule has 0 aromatic carbocycles. The van der Waals surface area contributed by atoms with Crippen LogP contribution in [0.25, 0.3) is 0 Å². The molecule has 2 N–H and O–H groups in total. The van der Waals surface area contributed by atoms with Gasteiger partial charge in [-0.05, 0) is 54.5 Å². The van der Waals surface area contributed by atoms with Gasteiger partial charge < -0.3 is 20.3 Å². The van der Waals surface area contributed by atoms with E-state index in [0.29, 0.717) is 12.1 Å². The predicted molar refractivity (Wildman–Crippen MR) is 81.9 cm³/mol. The van der Waals surface area contributed by atoms with Crippen LogP contribution in [0.5, 0.6) is 0 Å². The van der Waals surface area contributed by atoms with Crippen LogP contribution in [0.3, 0.4) is 0 Å². The van der Waals surface area contributed by atoms with Crippen LogP contribution in [0.15, 0.2) is 0 Å². The molecule has 1 aliphatic carbocycles. The van der Waals surface area contributed by atoms with Gasteiger partial charge in [0.05, 0.1) is 0 Å². The van der Waals surface area contributed by atoms with Crippen LogP contribution >= 0.6 is 0 Å². The molecule has 1 rings (SSSR count). The number of carbonyl (C=O) groups excluding carboxylic acids is 1. The van der Waals surface area contributed by atoms with Crippen molar-refractivity contribution in [2.45, 2.75) is 71.2 Å². The maximum absolute atomic E-state index is 11.6. The van der Waals surface area contributed by atoms with E-state index in [1.54, 1.807) is 0 Å². The summed E-state index contributed by atoms with van der Waals surface area (Å²) in [5, 5.41) is 6.43. The number of ether oxygens (including phenoxy) is 1. The Morgan fingerprint density at radius 1 is 1.30 bits per heavy atom. The molecule has 20 heavy (non-hydrogen) atoms. The van der Waals surface area contributed by atoms with Crippen LogP contribution in [0.2, 0.25) is 0 Å². The topological polar surface area (TPSA) is 53.6 Å². The Hall–Kier alpha value is -0.810. The first-order valence-electron chi connectivity index (χ1n) is 7.60. The minimum absolute atomic E-state index is 0.255. The fraction of sp³-hybridized carbons (Fsp3) is 0.933. The average Bonchev–Trinajstić information content (AvgIpc) is 2.22. The zero-order valence-electron chi connectivity index (χ0n) is 13.8. The largest absolute Gasteiger partial charge is 0.444 e. The molecule has 1 fully saturated rings. The highest BCUT2D eigenvalue weighted by molar-refractivity contribution is 5.68. The second kappa shape index (κ2) is 7.27. The highest BCUT2D eigenvalue weighted by Gasteiger charge is 2.31. The van der Waals surface area contributed by atoms with E-state index in [4.69, 9.17) is 4.74 Å². The lowest BCUT2D eigenvalue weighted by molar-refractivity contribution is 0.0465. The van der Waals surface area contributed by atoms with Crippen LogP contribution in [-0.4, -0.2) is 54.9 Å². The summed E-state index contributed by atoms with van der Waals surface area (Å²) >= 11 is 0. The first-order chi connectivity index (χ1) is 9.17. The number of nitrogens with zero attached hydrogens (tertiary/aromatic N) is 1. The van der Waals surface area contributed by atoms with Crippen molar-refractivity contribution in [3.8, 4) is 0 Å². The summed E-state index contributed by atoms with van der Waals surface area (Å²) in [7, 11) is 2.14. The Morgan fingerprint density at radius 2 is 1.90 bits per heavy atom. The highest BCUT2D eigenvalue weighted by atomic mass is 16.6. The van der Waals surface area contributed by atoms with E-state index in [9.17, 15) is 4.79 Å². The number of carbonyl (C=O) groups is 1. The zero-order chi connectivity index (χ0) is 15.3. The molecule has 1 saturated carbocycles. The zero-order valence-corrected chi connectivity index (χ0v) is 13.8. The fourth-order valence-electron chi connectivity index (χ4n) is 2.08. The van der Waals surface area contributed by atoms with E-state index in [1.165, 1.54) is 0 Å². The SMILES string of the molecule is CC(C)N(C)CCNC1CC(NC(=O)OC(C)(C)C)C1. The number of rotatable bonds is 6. The molecule has 118 valence electrons. The van der Waals surface area contributed by atoms with Crippen molar-refractivity contribution in [2.75, 3.05) is 20.1 Å². The van der Waals surface area contributed by atoms with Gasteiger partial charge in [-0.15, -0.1) is 0 Å². The van der Waals surface area contributed by atoms with Crippen molar-refractivity contribution < 1.29 is 9.53 Å². The van der Waals surface area contributed by atoms with Crippen molar-refractivity contribution in [3.63, 3.8) is 0 Å². The van der Waals surface area contributed by atoms with Gasteiger partial charge in [-0.2, -0.15) is 0 Å². The second-order valence-corrected chi connectivity index (χ2v) is 7.04. The van der Waals surface area contributed by atoms with Crippen LogP contribution in [0.4, 0.5) is 4.79 Å². The predicted octanol–water partition coefficient (Wildman–Crippen LogP) is 1.97. The molecule has 1 amide bonds. The summed E-state index contributed by atoms with van der Waals surface area (Å²) < 4.78 is 5.24. The van der Waals surface area contributed by atoms with E-state index in [0.717, 1.165) is 25.9 Å². The summed E-state index contributed by atoms with van der Waals surface area (Å²) in [6.07, 6.45) is 1.68. The number of hydrogen-bond donors (Lipinski definition) is 2. The average molecular weight is 285 g/mol. The third kappa shape index (κ3) is 6.57. The second-order valence-electron chi connectivity index (χ2n) is 7.04. The van der Waals surface area contributed by atoms with Gasteiger partial charge in [0.15, 0.2) is 0 Å². The van der Waals surface area contributed by atoms with Gasteiger partial charge in [0.1, 0.15) is 5.60 Å². The standard InChI is InChI=1S/C15H31N3O2/c1-11(2)18(6)8-7-16-12-9-13(10-12)17-14(19)20-15(3,4)5/h11-13,16H,7-10H2,1-6H3,(H,17,19). The van der Waals surface area contributed by atoms with Gasteiger partial charge in [0, 0.05) is 31.2 Å². The van der Waals surface area contributed by atoms with E-state index in [-0.39, 0.29) is 12.1 Å². The van der Waals surface area contributed by atoms with Crippen LogP contribution in [0.1, 0.15) is 47.5 Å². The molecular formula is C15H31N3O2. The Labute approximate surface area is 123 Å². The molecule has 5 nitrogen and oxygen atoms in total. The van der Waals surface area contributed by atoms with Gasteiger partial charge in [-0.3, -0.25) is 0 Å². The molecule has 0 unspecified atom stereocenters. The van der Waals surface area contributed by atoms with Crippen molar-refractivity contribution >= 4 is 6.09 Å². The fourth-order valence-corrected chi connectivity index (χ4v) is 2.08. The van der Waals surface area contributed by atoms with E-state index in [1.807, 2.05) is 20.8 Å².